The van der Waals surface area contributed by atoms with Crippen molar-refractivity contribution in [1.82, 2.24) is 0 Å². The molecule has 0 radical (unpaired) electrons. The molecular weight excluding hydrogens is 342 g/mol. The first-order valence-corrected chi connectivity index (χ1v) is 8.42. The number of hydrogen-bond donors (Lipinski definition) is 0. The summed E-state index contributed by atoms with van der Waals surface area (Å²) in [5.74, 6) is 0.901. The summed E-state index contributed by atoms with van der Waals surface area (Å²) < 4.78 is 15.9. The summed E-state index contributed by atoms with van der Waals surface area (Å²) in [5.41, 5.74) is 1.82. The van der Waals surface area contributed by atoms with Gasteiger partial charge < -0.3 is 14.2 Å². The standard InChI is InChI=1S/C22H17NO4/c1-25-19-11-10-16(13-20(19)26-2)21-23-18(22(24)27-21)12-15-8-5-7-14-6-3-4-9-17(14)15/h3-13H,1-2H3. The van der Waals surface area contributed by atoms with E-state index in [1.165, 1.54) is 0 Å². The Balaban J connectivity index is 1.74. The molecule has 0 aliphatic carbocycles. The topological polar surface area (TPSA) is 57.1 Å². The lowest BCUT2D eigenvalue weighted by molar-refractivity contribution is -0.129. The molecule has 3 aromatic carbocycles. The van der Waals surface area contributed by atoms with Crippen LogP contribution in [0, 0.1) is 0 Å². The Bertz CT molecular complexity index is 1090. The Hall–Kier alpha value is -3.60. The molecule has 0 aromatic heterocycles. The Morgan fingerprint density at radius 1 is 0.926 bits per heavy atom. The van der Waals surface area contributed by atoms with Gasteiger partial charge in [-0.05, 0) is 40.6 Å². The molecular formula is C22H17NO4. The summed E-state index contributed by atoms with van der Waals surface area (Å²) >= 11 is 0. The van der Waals surface area contributed by atoms with Crippen molar-refractivity contribution < 1.29 is 19.0 Å². The van der Waals surface area contributed by atoms with Gasteiger partial charge in [0.25, 0.3) is 0 Å². The van der Waals surface area contributed by atoms with Crippen LogP contribution in [0.1, 0.15) is 11.1 Å². The van der Waals surface area contributed by atoms with Gasteiger partial charge in [-0.1, -0.05) is 42.5 Å². The molecule has 0 fully saturated rings. The lowest BCUT2D eigenvalue weighted by Gasteiger charge is -2.08. The number of fused-ring (bicyclic) bond motifs is 1. The van der Waals surface area contributed by atoms with Gasteiger partial charge in [0.05, 0.1) is 14.2 Å². The molecule has 0 saturated heterocycles. The highest BCUT2D eigenvalue weighted by molar-refractivity contribution is 6.13. The fraction of sp³-hybridized carbons (Fsp3) is 0.0909. The van der Waals surface area contributed by atoms with Gasteiger partial charge >= 0.3 is 5.97 Å². The van der Waals surface area contributed by atoms with Gasteiger partial charge in [-0.2, -0.15) is 0 Å². The van der Waals surface area contributed by atoms with E-state index in [0.717, 1.165) is 16.3 Å². The number of esters is 1. The lowest BCUT2D eigenvalue weighted by atomic mass is 10.0. The van der Waals surface area contributed by atoms with Gasteiger partial charge in [0.2, 0.25) is 5.90 Å². The number of ether oxygens (including phenoxy) is 3. The van der Waals surface area contributed by atoms with Crippen molar-refractivity contribution in [2.45, 2.75) is 0 Å². The first-order valence-electron chi connectivity index (χ1n) is 8.42. The second-order valence-electron chi connectivity index (χ2n) is 5.97. The third-order valence-corrected chi connectivity index (χ3v) is 4.37. The number of carbonyl (C=O) groups excluding carboxylic acids is 1. The highest BCUT2D eigenvalue weighted by Crippen LogP contribution is 2.30. The number of aliphatic imine (C=N–C) groups is 1. The molecule has 4 rings (SSSR count). The Morgan fingerprint density at radius 2 is 1.70 bits per heavy atom. The summed E-state index contributed by atoms with van der Waals surface area (Å²) in [7, 11) is 3.12. The van der Waals surface area contributed by atoms with Crippen LogP contribution in [0.3, 0.4) is 0 Å². The molecule has 0 bridgehead atoms. The Kier molecular flexibility index (Phi) is 4.34. The lowest BCUT2D eigenvalue weighted by Crippen LogP contribution is -2.06. The first-order chi connectivity index (χ1) is 13.2. The third-order valence-electron chi connectivity index (χ3n) is 4.37. The normalized spacial score (nSPS) is 15.0. The smallest absolute Gasteiger partial charge is 0.363 e. The molecule has 0 atom stereocenters. The van der Waals surface area contributed by atoms with Crippen LogP contribution in [-0.2, 0) is 9.53 Å². The molecule has 3 aromatic rings. The van der Waals surface area contributed by atoms with Gasteiger partial charge in [0.15, 0.2) is 17.2 Å². The van der Waals surface area contributed by atoms with Gasteiger partial charge in [-0.25, -0.2) is 9.79 Å². The second-order valence-corrected chi connectivity index (χ2v) is 5.97. The van der Waals surface area contributed by atoms with Crippen molar-refractivity contribution in [3.8, 4) is 11.5 Å². The number of hydrogen-bond acceptors (Lipinski definition) is 5. The van der Waals surface area contributed by atoms with Gasteiger partial charge in [0, 0.05) is 5.56 Å². The quantitative estimate of drug-likeness (QED) is 0.517. The monoisotopic (exact) mass is 359 g/mol. The molecule has 134 valence electrons. The zero-order valence-electron chi connectivity index (χ0n) is 14.9. The van der Waals surface area contributed by atoms with Gasteiger partial charge in [-0.15, -0.1) is 0 Å². The van der Waals surface area contributed by atoms with Gasteiger partial charge in [0.1, 0.15) is 0 Å². The molecule has 0 unspecified atom stereocenters. The number of rotatable bonds is 4. The Labute approximate surface area is 156 Å². The van der Waals surface area contributed by atoms with E-state index in [2.05, 4.69) is 4.99 Å². The number of nitrogens with zero attached hydrogens (tertiary/aromatic N) is 1. The highest BCUT2D eigenvalue weighted by Gasteiger charge is 2.25. The highest BCUT2D eigenvalue weighted by atomic mass is 16.6. The van der Waals surface area contributed by atoms with Crippen molar-refractivity contribution in [3.05, 3.63) is 77.5 Å². The molecule has 1 aliphatic heterocycles. The molecule has 0 amide bonds. The predicted molar refractivity (Wildman–Crippen MR) is 104 cm³/mol. The Morgan fingerprint density at radius 3 is 2.52 bits per heavy atom. The van der Waals surface area contributed by atoms with E-state index in [1.807, 2.05) is 42.5 Å². The minimum absolute atomic E-state index is 0.243. The number of benzene rings is 3. The summed E-state index contributed by atoms with van der Waals surface area (Å²) in [6.45, 7) is 0. The van der Waals surface area contributed by atoms with Crippen LogP contribution in [0.2, 0.25) is 0 Å². The number of cyclic esters (lactones) is 1. The van der Waals surface area contributed by atoms with Crippen molar-refractivity contribution in [2.24, 2.45) is 4.99 Å². The van der Waals surface area contributed by atoms with Crippen molar-refractivity contribution in [2.75, 3.05) is 14.2 Å². The van der Waals surface area contributed by atoms with Crippen LogP contribution in [0.4, 0.5) is 0 Å². The van der Waals surface area contributed by atoms with E-state index in [9.17, 15) is 4.79 Å². The predicted octanol–water partition coefficient (Wildman–Crippen LogP) is 4.20. The van der Waals surface area contributed by atoms with Crippen molar-refractivity contribution in [1.29, 1.82) is 0 Å². The fourth-order valence-corrected chi connectivity index (χ4v) is 3.03. The maximum absolute atomic E-state index is 12.3. The van der Waals surface area contributed by atoms with Gasteiger partial charge in [-0.3, -0.25) is 0 Å². The molecule has 1 heterocycles. The zero-order valence-corrected chi connectivity index (χ0v) is 14.9. The summed E-state index contributed by atoms with van der Waals surface area (Å²) in [5, 5.41) is 2.15. The summed E-state index contributed by atoms with van der Waals surface area (Å²) in [4.78, 5) is 16.7. The number of methoxy groups -OCH3 is 2. The van der Waals surface area contributed by atoms with E-state index in [4.69, 9.17) is 14.2 Å². The van der Waals surface area contributed by atoms with Crippen LogP contribution in [0.5, 0.6) is 11.5 Å². The zero-order chi connectivity index (χ0) is 18.8. The summed E-state index contributed by atoms with van der Waals surface area (Å²) in [6, 6.07) is 19.2. The molecule has 27 heavy (non-hydrogen) atoms. The largest absolute Gasteiger partial charge is 0.493 e. The summed E-state index contributed by atoms with van der Waals surface area (Å²) in [6.07, 6.45) is 1.75. The molecule has 0 spiro atoms. The van der Waals surface area contributed by atoms with Crippen molar-refractivity contribution >= 4 is 28.7 Å². The molecule has 0 saturated carbocycles. The SMILES string of the molecule is COc1ccc(C2=NC(=Cc3cccc4ccccc34)C(=O)O2)cc1OC. The van der Waals surface area contributed by atoms with E-state index in [0.29, 0.717) is 17.1 Å². The second kappa shape index (κ2) is 6.96. The van der Waals surface area contributed by atoms with E-state index in [1.54, 1.807) is 38.5 Å². The average molecular weight is 359 g/mol. The third kappa shape index (κ3) is 3.15. The van der Waals surface area contributed by atoms with E-state index in [-0.39, 0.29) is 11.6 Å². The maximum Gasteiger partial charge on any atom is 0.363 e. The maximum atomic E-state index is 12.3. The van der Waals surface area contributed by atoms with Crippen molar-refractivity contribution in [3.63, 3.8) is 0 Å². The van der Waals surface area contributed by atoms with E-state index < -0.39 is 5.97 Å². The molecule has 1 aliphatic rings. The number of carbonyl (C=O) groups is 1. The van der Waals surface area contributed by atoms with E-state index >= 15 is 0 Å². The van der Waals surface area contributed by atoms with Crippen LogP contribution >= 0.6 is 0 Å². The minimum Gasteiger partial charge on any atom is -0.493 e. The molecule has 5 heteroatoms. The first kappa shape index (κ1) is 16.8. The molecule has 0 N–H and O–H groups in total. The van der Waals surface area contributed by atoms with Crippen LogP contribution in [0.15, 0.2) is 71.4 Å². The van der Waals surface area contributed by atoms with Crippen LogP contribution in [0.25, 0.3) is 16.8 Å². The average Bonchev–Trinajstić information content (AvgIpc) is 3.08. The van der Waals surface area contributed by atoms with Crippen LogP contribution in [-0.4, -0.2) is 26.1 Å². The molecule has 5 nitrogen and oxygen atoms in total. The van der Waals surface area contributed by atoms with Crippen LogP contribution < -0.4 is 9.47 Å². The fourth-order valence-electron chi connectivity index (χ4n) is 3.03. The minimum atomic E-state index is -0.479.